The zero-order valence-electron chi connectivity index (χ0n) is 14.6. The van der Waals surface area contributed by atoms with E-state index in [4.69, 9.17) is 10.2 Å². The fourth-order valence-electron chi connectivity index (χ4n) is 4.74. The summed E-state index contributed by atoms with van der Waals surface area (Å²) in [6.45, 7) is 2.48. The Labute approximate surface area is 145 Å². The molecular formula is C21H30N2O. The predicted octanol–water partition coefficient (Wildman–Crippen LogP) is 4.82. The molecule has 4 rings (SSSR count). The van der Waals surface area contributed by atoms with Gasteiger partial charge < -0.3 is 10.2 Å². The van der Waals surface area contributed by atoms with Crippen LogP contribution < -0.4 is 5.73 Å². The van der Waals surface area contributed by atoms with Gasteiger partial charge in [-0.25, -0.2) is 0 Å². The van der Waals surface area contributed by atoms with Crippen LogP contribution in [0.15, 0.2) is 34.9 Å². The molecule has 2 N–H and O–H groups in total. The molecular weight excluding hydrogens is 296 g/mol. The Kier molecular flexibility index (Phi) is 4.91. The van der Waals surface area contributed by atoms with Gasteiger partial charge in [0.05, 0.1) is 6.26 Å². The van der Waals surface area contributed by atoms with Gasteiger partial charge in [0.2, 0.25) is 0 Å². The number of rotatable bonds is 4. The second kappa shape index (κ2) is 7.28. The number of nitrogens with zero attached hydrogens (tertiary/aromatic N) is 1. The van der Waals surface area contributed by atoms with Crippen LogP contribution in [0.2, 0.25) is 0 Å². The van der Waals surface area contributed by atoms with E-state index in [9.17, 15) is 0 Å². The first-order valence-electron chi connectivity index (χ1n) is 9.77. The SMILES string of the molecule is NC1CCC(CCN2CCCCC2c2ccoc3cccc2-3)CC1. The maximum absolute atomic E-state index is 6.06. The molecule has 2 aliphatic carbocycles. The van der Waals surface area contributed by atoms with E-state index in [-0.39, 0.29) is 0 Å². The van der Waals surface area contributed by atoms with Gasteiger partial charge in [-0.3, -0.25) is 4.90 Å². The molecule has 2 heterocycles. The largest absolute Gasteiger partial charge is 0.464 e. The van der Waals surface area contributed by atoms with Crippen molar-refractivity contribution in [3.05, 3.63) is 36.1 Å². The number of hydrogen-bond acceptors (Lipinski definition) is 3. The van der Waals surface area contributed by atoms with Crippen LogP contribution in [-0.4, -0.2) is 24.0 Å². The lowest BCUT2D eigenvalue weighted by Gasteiger charge is -2.38. The lowest BCUT2D eigenvalue weighted by atomic mass is 9.84. The number of nitrogens with two attached hydrogens (primary N) is 1. The molecule has 1 saturated carbocycles. The summed E-state index contributed by atoms with van der Waals surface area (Å²) in [7, 11) is 0. The summed E-state index contributed by atoms with van der Waals surface area (Å²) in [6, 6.07) is 9.62. The number of likely N-dealkylation sites (tertiary alicyclic amines) is 1. The van der Waals surface area contributed by atoms with Crippen molar-refractivity contribution in [3.8, 4) is 11.3 Å². The Morgan fingerprint density at radius 2 is 1.92 bits per heavy atom. The van der Waals surface area contributed by atoms with E-state index in [0.29, 0.717) is 12.1 Å². The number of piperidine rings is 1. The van der Waals surface area contributed by atoms with Gasteiger partial charge in [0.1, 0.15) is 5.76 Å². The van der Waals surface area contributed by atoms with Gasteiger partial charge in [-0.1, -0.05) is 18.6 Å². The first kappa shape index (κ1) is 16.2. The van der Waals surface area contributed by atoms with Crippen molar-refractivity contribution in [1.29, 1.82) is 0 Å². The quantitative estimate of drug-likeness (QED) is 0.876. The van der Waals surface area contributed by atoms with Gasteiger partial charge in [0.25, 0.3) is 0 Å². The summed E-state index contributed by atoms with van der Waals surface area (Å²) in [4.78, 5) is 2.74. The van der Waals surface area contributed by atoms with Gasteiger partial charge in [-0.15, -0.1) is 0 Å². The van der Waals surface area contributed by atoms with Crippen molar-refractivity contribution < 1.29 is 4.42 Å². The third-order valence-electron chi connectivity index (χ3n) is 6.22. The fraction of sp³-hybridized carbons (Fsp3) is 0.619. The summed E-state index contributed by atoms with van der Waals surface area (Å²) < 4.78 is 5.65. The Hall–Kier alpha value is -1.32. The lowest BCUT2D eigenvalue weighted by molar-refractivity contribution is 0.133. The van der Waals surface area contributed by atoms with Crippen molar-refractivity contribution in [2.45, 2.75) is 63.5 Å². The fourth-order valence-corrected chi connectivity index (χ4v) is 4.74. The minimum absolute atomic E-state index is 0.461. The highest BCUT2D eigenvalue weighted by atomic mass is 16.3. The van der Waals surface area contributed by atoms with Crippen molar-refractivity contribution in [3.63, 3.8) is 0 Å². The molecule has 0 spiro atoms. The second-order valence-corrected chi connectivity index (χ2v) is 7.80. The molecule has 0 aromatic rings. The van der Waals surface area contributed by atoms with Crippen LogP contribution in [0.1, 0.15) is 63.0 Å². The van der Waals surface area contributed by atoms with Gasteiger partial charge >= 0.3 is 0 Å². The lowest BCUT2D eigenvalue weighted by Crippen LogP contribution is -2.36. The smallest absolute Gasteiger partial charge is 0.134 e. The highest BCUT2D eigenvalue weighted by Crippen LogP contribution is 2.39. The maximum Gasteiger partial charge on any atom is 0.134 e. The van der Waals surface area contributed by atoms with Crippen molar-refractivity contribution in [2.24, 2.45) is 11.7 Å². The molecule has 2 fully saturated rings. The summed E-state index contributed by atoms with van der Waals surface area (Å²) in [5, 5.41) is 0. The van der Waals surface area contributed by atoms with Crippen LogP contribution in [0.4, 0.5) is 0 Å². The average molecular weight is 326 g/mol. The van der Waals surface area contributed by atoms with Crippen LogP contribution in [0.3, 0.4) is 0 Å². The highest BCUT2D eigenvalue weighted by molar-refractivity contribution is 5.65. The molecule has 0 bridgehead atoms. The normalized spacial score (nSPS) is 29.1. The third-order valence-corrected chi connectivity index (χ3v) is 6.22. The summed E-state index contributed by atoms with van der Waals surface area (Å²) in [5.74, 6) is 1.91. The zero-order valence-corrected chi connectivity index (χ0v) is 14.6. The van der Waals surface area contributed by atoms with Crippen molar-refractivity contribution in [1.82, 2.24) is 4.90 Å². The molecule has 3 nitrogen and oxygen atoms in total. The molecule has 3 heteroatoms. The van der Waals surface area contributed by atoms with Crippen LogP contribution >= 0.6 is 0 Å². The summed E-state index contributed by atoms with van der Waals surface area (Å²) >= 11 is 0. The third kappa shape index (κ3) is 3.38. The van der Waals surface area contributed by atoms with Crippen LogP contribution in [-0.2, 0) is 0 Å². The summed E-state index contributed by atoms with van der Waals surface area (Å²) in [5.41, 5.74) is 8.83. The number of fused-ring (bicyclic) bond motifs is 1. The van der Waals surface area contributed by atoms with Gasteiger partial charge in [-0.2, -0.15) is 0 Å². The Balaban J connectivity index is 1.44. The molecule has 24 heavy (non-hydrogen) atoms. The number of hydrogen-bond donors (Lipinski definition) is 1. The predicted molar refractivity (Wildman–Crippen MR) is 98.0 cm³/mol. The maximum atomic E-state index is 6.06. The van der Waals surface area contributed by atoms with E-state index in [2.05, 4.69) is 29.2 Å². The van der Waals surface area contributed by atoms with E-state index >= 15 is 0 Å². The zero-order chi connectivity index (χ0) is 16.4. The monoisotopic (exact) mass is 326 g/mol. The van der Waals surface area contributed by atoms with E-state index in [1.54, 1.807) is 0 Å². The molecule has 2 aliphatic heterocycles. The Bertz CT molecular complexity index is 614. The van der Waals surface area contributed by atoms with Gasteiger partial charge in [0, 0.05) is 17.6 Å². The Morgan fingerprint density at radius 3 is 2.79 bits per heavy atom. The molecule has 1 unspecified atom stereocenters. The molecule has 4 aliphatic rings. The highest BCUT2D eigenvalue weighted by Gasteiger charge is 2.28. The van der Waals surface area contributed by atoms with E-state index < -0.39 is 0 Å². The first-order valence-corrected chi connectivity index (χ1v) is 9.77. The van der Waals surface area contributed by atoms with E-state index in [1.165, 1.54) is 75.6 Å². The minimum atomic E-state index is 0.461. The molecule has 0 radical (unpaired) electrons. The van der Waals surface area contributed by atoms with Crippen molar-refractivity contribution in [2.75, 3.05) is 13.1 Å². The first-order chi connectivity index (χ1) is 11.8. The Morgan fingerprint density at radius 1 is 1.04 bits per heavy atom. The topological polar surface area (TPSA) is 42.4 Å². The van der Waals surface area contributed by atoms with Crippen LogP contribution in [0.25, 0.3) is 11.3 Å². The molecule has 0 amide bonds. The van der Waals surface area contributed by atoms with E-state index in [0.717, 1.165) is 11.7 Å². The molecule has 1 saturated heterocycles. The average Bonchev–Trinajstić information content (AvgIpc) is 3.10. The molecule has 0 aromatic carbocycles. The molecule has 0 aromatic heterocycles. The van der Waals surface area contributed by atoms with Crippen molar-refractivity contribution >= 4 is 0 Å². The van der Waals surface area contributed by atoms with Gasteiger partial charge in [0.15, 0.2) is 0 Å². The standard InChI is InChI=1S/C21H30N2O/c22-17-9-7-16(8-10-17)11-14-23-13-2-1-5-20(23)18-12-15-24-21-6-3-4-19(18)21/h3-4,6,12,15-17,20H,1-2,5,7-11,13-14,22H2. The minimum Gasteiger partial charge on any atom is -0.464 e. The molecule has 130 valence electrons. The van der Waals surface area contributed by atoms with E-state index in [1.807, 2.05) is 6.26 Å². The van der Waals surface area contributed by atoms with Gasteiger partial charge in [-0.05, 0) is 81.6 Å². The summed E-state index contributed by atoms with van der Waals surface area (Å²) in [6.07, 6.45) is 12.3. The van der Waals surface area contributed by atoms with Crippen LogP contribution in [0.5, 0.6) is 0 Å². The van der Waals surface area contributed by atoms with Crippen LogP contribution in [0, 0.1) is 5.92 Å². The second-order valence-electron chi connectivity index (χ2n) is 7.80. The molecule has 1 atom stereocenters.